The Morgan fingerprint density at radius 2 is 1.72 bits per heavy atom. The second-order valence-electron chi connectivity index (χ2n) is 7.13. The fourth-order valence-corrected chi connectivity index (χ4v) is 6.39. The third kappa shape index (κ3) is 5.54. The average Bonchev–Trinajstić information content (AvgIpc) is 2.75. The van der Waals surface area contributed by atoms with Gasteiger partial charge in [-0.05, 0) is 25.0 Å². The van der Waals surface area contributed by atoms with E-state index in [0.29, 0.717) is 45.7 Å². The smallest absolute Gasteiger partial charge is 0.243 e. The van der Waals surface area contributed by atoms with Gasteiger partial charge in [-0.2, -0.15) is 8.61 Å². The highest BCUT2D eigenvalue weighted by molar-refractivity contribution is 7.89. The van der Waals surface area contributed by atoms with Gasteiger partial charge in [0.2, 0.25) is 26.0 Å². The molecule has 0 spiro atoms. The fourth-order valence-electron chi connectivity index (χ4n) is 3.52. The van der Waals surface area contributed by atoms with E-state index in [4.69, 9.17) is 4.74 Å². The van der Waals surface area contributed by atoms with E-state index in [-0.39, 0.29) is 29.6 Å². The highest BCUT2D eigenvalue weighted by Gasteiger charge is 2.33. The molecule has 2 fully saturated rings. The third-order valence-corrected chi connectivity index (χ3v) is 8.91. The van der Waals surface area contributed by atoms with Crippen LogP contribution in [0.2, 0.25) is 0 Å². The number of piperidine rings is 1. The minimum atomic E-state index is -3.65. The van der Waals surface area contributed by atoms with Crippen LogP contribution < -0.4 is 5.32 Å². The van der Waals surface area contributed by atoms with Gasteiger partial charge in [0.25, 0.3) is 0 Å². The Labute approximate surface area is 172 Å². The number of nitrogens with zero attached hydrogens (tertiary/aromatic N) is 2. The molecule has 2 saturated heterocycles. The number of ether oxygens (including phenoxy) is 1. The molecule has 2 heterocycles. The summed E-state index contributed by atoms with van der Waals surface area (Å²) in [5.41, 5.74) is 0. The highest BCUT2D eigenvalue weighted by Crippen LogP contribution is 2.23. The number of nitrogens with one attached hydrogen (secondary N) is 1. The third-order valence-electron chi connectivity index (χ3n) is 5.16. The summed E-state index contributed by atoms with van der Waals surface area (Å²) in [6.45, 7) is 1.86. The summed E-state index contributed by atoms with van der Waals surface area (Å²) in [5, 5.41) is 2.66. The molecule has 11 heteroatoms. The maximum absolute atomic E-state index is 12.8. The van der Waals surface area contributed by atoms with E-state index in [1.807, 2.05) is 0 Å². The number of rotatable bonds is 7. The molecule has 3 rings (SSSR count). The maximum Gasteiger partial charge on any atom is 0.243 e. The van der Waals surface area contributed by atoms with Crippen LogP contribution in [0.25, 0.3) is 0 Å². The van der Waals surface area contributed by atoms with E-state index in [1.54, 1.807) is 18.2 Å². The minimum Gasteiger partial charge on any atom is -0.379 e. The molecular weight excluding hydrogens is 418 g/mol. The first kappa shape index (κ1) is 22.2. The van der Waals surface area contributed by atoms with Crippen LogP contribution in [0.3, 0.4) is 0 Å². The topological polar surface area (TPSA) is 113 Å². The quantitative estimate of drug-likeness (QED) is 0.625. The first-order chi connectivity index (χ1) is 13.8. The number of hydrogen-bond acceptors (Lipinski definition) is 6. The molecule has 0 saturated carbocycles. The van der Waals surface area contributed by atoms with Gasteiger partial charge in [-0.15, -0.1) is 0 Å². The summed E-state index contributed by atoms with van der Waals surface area (Å²) < 4.78 is 58.0. The van der Waals surface area contributed by atoms with Gasteiger partial charge >= 0.3 is 0 Å². The standard InChI is InChI=1S/C18H27N3O6S2/c22-18(19-8-14-28(23,24)20-10-12-27-13-11-20)16-5-4-9-21(15-16)29(25,26)17-6-2-1-3-7-17/h1-3,6-7,16H,4-5,8-15H2,(H,19,22). The van der Waals surface area contributed by atoms with Crippen molar-refractivity contribution >= 4 is 26.0 Å². The lowest BCUT2D eigenvalue weighted by Gasteiger charge is -2.31. The maximum atomic E-state index is 12.8. The summed E-state index contributed by atoms with van der Waals surface area (Å²) in [6, 6.07) is 8.15. The molecule has 1 unspecified atom stereocenters. The van der Waals surface area contributed by atoms with Crippen molar-refractivity contribution in [3.8, 4) is 0 Å². The van der Waals surface area contributed by atoms with Gasteiger partial charge in [-0.3, -0.25) is 4.79 Å². The lowest BCUT2D eigenvalue weighted by Crippen LogP contribution is -2.47. The number of morpholine rings is 1. The molecule has 2 aliphatic heterocycles. The van der Waals surface area contributed by atoms with Gasteiger partial charge in [0.1, 0.15) is 0 Å². The number of hydrogen-bond donors (Lipinski definition) is 1. The molecule has 29 heavy (non-hydrogen) atoms. The van der Waals surface area contributed by atoms with Gasteiger partial charge in [0, 0.05) is 32.7 Å². The number of benzene rings is 1. The van der Waals surface area contributed by atoms with E-state index in [2.05, 4.69) is 5.32 Å². The van der Waals surface area contributed by atoms with Crippen molar-refractivity contribution in [2.24, 2.45) is 5.92 Å². The predicted molar refractivity (Wildman–Crippen MR) is 107 cm³/mol. The van der Waals surface area contributed by atoms with Gasteiger partial charge in [0.15, 0.2) is 0 Å². The Hall–Kier alpha value is -1.53. The Balaban J connectivity index is 1.53. The van der Waals surface area contributed by atoms with E-state index < -0.39 is 26.0 Å². The summed E-state index contributed by atoms with van der Waals surface area (Å²) in [5.74, 6) is -0.985. The molecule has 0 aliphatic carbocycles. The van der Waals surface area contributed by atoms with E-state index >= 15 is 0 Å². The monoisotopic (exact) mass is 445 g/mol. The van der Waals surface area contributed by atoms with Crippen LogP contribution in [0.5, 0.6) is 0 Å². The summed E-state index contributed by atoms with van der Waals surface area (Å²) >= 11 is 0. The molecule has 1 aromatic rings. The van der Waals surface area contributed by atoms with Crippen LogP contribution in [0, 0.1) is 5.92 Å². The molecular formula is C18H27N3O6S2. The largest absolute Gasteiger partial charge is 0.379 e. The van der Waals surface area contributed by atoms with Crippen LogP contribution >= 0.6 is 0 Å². The Morgan fingerprint density at radius 1 is 1.03 bits per heavy atom. The SMILES string of the molecule is O=C(NCCS(=O)(=O)N1CCOCC1)C1CCCN(S(=O)(=O)c2ccccc2)C1. The van der Waals surface area contributed by atoms with Gasteiger partial charge in [-0.1, -0.05) is 18.2 Å². The average molecular weight is 446 g/mol. The van der Waals surface area contributed by atoms with Crippen molar-refractivity contribution in [1.29, 1.82) is 0 Å². The zero-order chi connectivity index (χ0) is 20.9. The molecule has 9 nitrogen and oxygen atoms in total. The van der Waals surface area contributed by atoms with Gasteiger partial charge < -0.3 is 10.1 Å². The molecule has 1 aromatic carbocycles. The first-order valence-electron chi connectivity index (χ1n) is 9.69. The number of sulfonamides is 2. The van der Waals surface area contributed by atoms with Crippen LogP contribution in [-0.4, -0.2) is 83.0 Å². The van der Waals surface area contributed by atoms with E-state index in [9.17, 15) is 21.6 Å². The molecule has 2 aliphatic rings. The van der Waals surface area contributed by atoms with Crippen LogP contribution in [0.15, 0.2) is 35.2 Å². The molecule has 0 radical (unpaired) electrons. The van der Waals surface area contributed by atoms with Crippen LogP contribution in [0.1, 0.15) is 12.8 Å². The minimum absolute atomic E-state index is 0.000455. The Bertz CT molecular complexity index is 899. The lowest BCUT2D eigenvalue weighted by atomic mass is 9.99. The summed E-state index contributed by atoms with van der Waals surface area (Å²) in [4.78, 5) is 12.7. The van der Waals surface area contributed by atoms with Crippen molar-refractivity contribution in [1.82, 2.24) is 13.9 Å². The number of carbonyl (C=O) groups is 1. The van der Waals surface area contributed by atoms with Gasteiger partial charge in [0.05, 0.1) is 29.8 Å². The second-order valence-corrected chi connectivity index (χ2v) is 11.2. The van der Waals surface area contributed by atoms with Crippen LogP contribution in [-0.2, 0) is 29.6 Å². The van der Waals surface area contributed by atoms with Crippen molar-refractivity contribution < 1.29 is 26.4 Å². The zero-order valence-corrected chi connectivity index (χ0v) is 17.8. The lowest BCUT2D eigenvalue weighted by molar-refractivity contribution is -0.125. The molecule has 1 amide bonds. The molecule has 1 N–H and O–H groups in total. The Kier molecular flexibility index (Phi) is 7.28. The number of carbonyl (C=O) groups excluding carboxylic acids is 1. The van der Waals surface area contributed by atoms with Crippen molar-refractivity contribution in [2.75, 3.05) is 51.7 Å². The highest BCUT2D eigenvalue weighted by atomic mass is 32.2. The first-order valence-corrected chi connectivity index (χ1v) is 12.7. The summed E-state index contributed by atoms with van der Waals surface area (Å²) in [7, 11) is -7.10. The van der Waals surface area contributed by atoms with Gasteiger partial charge in [-0.25, -0.2) is 16.8 Å². The van der Waals surface area contributed by atoms with Crippen molar-refractivity contribution in [2.45, 2.75) is 17.7 Å². The zero-order valence-electron chi connectivity index (χ0n) is 16.2. The van der Waals surface area contributed by atoms with Crippen molar-refractivity contribution in [3.05, 3.63) is 30.3 Å². The molecule has 0 bridgehead atoms. The number of amides is 1. The molecule has 1 atom stereocenters. The second kappa shape index (κ2) is 9.52. The van der Waals surface area contributed by atoms with Crippen molar-refractivity contribution in [3.63, 3.8) is 0 Å². The van der Waals surface area contributed by atoms with E-state index in [0.717, 1.165) is 0 Å². The molecule has 0 aromatic heterocycles. The Morgan fingerprint density at radius 3 is 2.41 bits per heavy atom. The summed E-state index contributed by atoms with van der Waals surface area (Å²) in [6.07, 6.45) is 1.15. The molecule has 162 valence electrons. The fraction of sp³-hybridized carbons (Fsp3) is 0.611. The van der Waals surface area contributed by atoms with E-state index in [1.165, 1.54) is 20.7 Å². The normalized spacial score (nSPS) is 22.3. The van der Waals surface area contributed by atoms with Crippen LogP contribution in [0.4, 0.5) is 0 Å². The predicted octanol–water partition coefficient (Wildman–Crippen LogP) is -0.134.